The molecule has 1 aliphatic rings. The lowest BCUT2D eigenvalue weighted by molar-refractivity contribution is -0.130. The molecule has 0 unspecified atom stereocenters. The van der Waals surface area contributed by atoms with Gasteiger partial charge < -0.3 is 15.8 Å². The van der Waals surface area contributed by atoms with Gasteiger partial charge in [-0.1, -0.05) is 6.07 Å². The highest BCUT2D eigenvalue weighted by Gasteiger charge is 2.44. The summed E-state index contributed by atoms with van der Waals surface area (Å²) >= 11 is 0. The van der Waals surface area contributed by atoms with Crippen molar-refractivity contribution < 1.29 is 14.3 Å². The topological polar surface area (TPSA) is 84.7 Å². The number of nitrogens with zero attached hydrogens (tertiary/aromatic N) is 1. The first-order valence-corrected chi connectivity index (χ1v) is 6.39. The Labute approximate surface area is 117 Å². The van der Waals surface area contributed by atoms with Gasteiger partial charge in [0.15, 0.2) is 0 Å². The molecular formula is C14H19N3O3. The van der Waals surface area contributed by atoms with Crippen LogP contribution in [-0.4, -0.2) is 29.5 Å². The Kier molecular flexibility index (Phi) is 3.67. The van der Waals surface area contributed by atoms with Gasteiger partial charge in [0.05, 0.1) is 13.7 Å². The summed E-state index contributed by atoms with van der Waals surface area (Å²) in [5.41, 5.74) is 6.50. The van der Waals surface area contributed by atoms with E-state index < -0.39 is 5.54 Å². The van der Waals surface area contributed by atoms with Crippen molar-refractivity contribution in [2.24, 2.45) is 5.73 Å². The number of nitrogens with one attached hydrogen (secondary N) is 1. The zero-order valence-electron chi connectivity index (χ0n) is 11.9. The monoisotopic (exact) mass is 277 g/mol. The Balaban J connectivity index is 2.23. The van der Waals surface area contributed by atoms with Gasteiger partial charge in [-0.15, -0.1) is 0 Å². The smallest absolute Gasteiger partial charge is 0.325 e. The fourth-order valence-electron chi connectivity index (χ4n) is 2.23. The summed E-state index contributed by atoms with van der Waals surface area (Å²) in [7, 11) is 1.58. The van der Waals surface area contributed by atoms with Crippen LogP contribution in [0, 0.1) is 0 Å². The van der Waals surface area contributed by atoms with Crippen molar-refractivity contribution in [3.8, 4) is 5.75 Å². The molecular weight excluding hydrogens is 258 g/mol. The van der Waals surface area contributed by atoms with Crippen LogP contribution >= 0.6 is 0 Å². The Morgan fingerprint density at radius 1 is 1.35 bits per heavy atom. The van der Waals surface area contributed by atoms with Crippen molar-refractivity contribution in [2.45, 2.75) is 32.5 Å². The fraction of sp³-hybridized carbons (Fsp3) is 0.429. The third-order valence-electron chi connectivity index (χ3n) is 3.35. The van der Waals surface area contributed by atoms with Gasteiger partial charge in [0.2, 0.25) is 0 Å². The van der Waals surface area contributed by atoms with Crippen LogP contribution in [-0.2, 0) is 17.9 Å². The van der Waals surface area contributed by atoms with Crippen LogP contribution < -0.4 is 15.8 Å². The molecule has 0 radical (unpaired) electrons. The minimum atomic E-state index is -0.847. The number of ether oxygens (including phenoxy) is 1. The zero-order valence-corrected chi connectivity index (χ0v) is 11.9. The van der Waals surface area contributed by atoms with E-state index in [2.05, 4.69) is 5.32 Å². The van der Waals surface area contributed by atoms with Gasteiger partial charge in [0, 0.05) is 12.1 Å². The number of carbonyl (C=O) groups is 2. The molecule has 0 bridgehead atoms. The molecule has 1 fully saturated rings. The van der Waals surface area contributed by atoms with E-state index in [9.17, 15) is 9.59 Å². The predicted molar refractivity (Wildman–Crippen MR) is 74.0 cm³/mol. The van der Waals surface area contributed by atoms with Crippen LogP contribution in [0.25, 0.3) is 0 Å². The molecule has 3 amide bonds. The molecule has 0 saturated carbocycles. The number of methoxy groups -OCH3 is 1. The summed E-state index contributed by atoms with van der Waals surface area (Å²) in [5.74, 6) is 0.474. The van der Waals surface area contributed by atoms with Crippen LogP contribution in [0.2, 0.25) is 0 Å². The summed E-state index contributed by atoms with van der Waals surface area (Å²) in [6, 6.07) is 5.10. The second kappa shape index (κ2) is 5.13. The number of benzene rings is 1. The lowest BCUT2D eigenvalue weighted by Gasteiger charge is -2.17. The van der Waals surface area contributed by atoms with E-state index in [-0.39, 0.29) is 18.5 Å². The summed E-state index contributed by atoms with van der Waals surface area (Å²) in [5, 5.41) is 2.65. The third kappa shape index (κ3) is 2.46. The molecule has 0 atom stereocenters. The third-order valence-corrected chi connectivity index (χ3v) is 3.35. The van der Waals surface area contributed by atoms with Crippen molar-refractivity contribution in [3.05, 3.63) is 29.3 Å². The number of carbonyl (C=O) groups excluding carboxylic acids is 2. The van der Waals surface area contributed by atoms with Crippen molar-refractivity contribution in [1.29, 1.82) is 0 Å². The number of hydrogen-bond acceptors (Lipinski definition) is 4. The molecule has 108 valence electrons. The molecule has 3 N–H and O–H groups in total. The van der Waals surface area contributed by atoms with E-state index in [4.69, 9.17) is 10.5 Å². The van der Waals surface area contributed by atoms with Crippen molar-refractivity contribution in [2.75, 3.05) is 7.11 Å². The Hall–Kier alpha value is -2.08. The molecule has 0 spiro atoms. The van der Waals surface area contributed by atoms with Crippen molar-refractivity contribution in [1.82, 2.24) is 10.2 Å². The summed E-state index contributed by atoms with van der Waals surface area (Å²) in [6.07, 6.45) is 0. The van der Waals surface area contributed by atoms with E-state index in [1.165, 1.54) is 4.90 Å². The molecule has 0 aliphatic carbocycles. The lowest BCUT2D eigenvalue weighted by Crippen LogP contribution is -2.40. The van der Waals surface area contributed by atoms with Gasteiger partial charge in [0.25, 0.3) is 5.91 Å². The van der Waals surface area contributed by atoms with Crippen molar-refractivity contribution >= 4 is 11.9 Å². The average molecular weight is 277 g/mol. The predicted octanol–water partition coefficient (Wildman–Crippen LogP) is 0.984. The molecule has 2 rings (SSSR count). The summed E-state index contributed by atoms with van der Waals surface area (Å²) in [4.78, 5) is 25.1. The lowest BCUT2D eigenvalue weighted by atomic mass is 10.1. The average Bonchev–Trinajstić information content (AvgIpc) is 2.60. The number of rotatable bonds is 4. The maximum absolute atomic E-state index is 12.1. The standard InChI is InChI=1S/C14H19N3O3/c1-14(2)12(18)17(13(19)16-14)8-9-4-5-11(20-3)10(6-9)7-15/h4-6H,7-8,15H2,1-3H3,(H,16,19). The quantitative estimate of drug-likeness (QED) is 0.804. The molecule has 1 aromatic rings. The van der Waals surface area contributed by atoms with E-state index >= 15 is 0 Å². The van der Waals surface area contributed by atoms with Crippen molar-refractivity contribution in [3.63, 3.8) is 0 Å². The first-order valence-electron chi connectivity index (χ1n) is 6.39. The maximum atomic E-state index is 12.1. The summed E-state index contributed by atoms with van der Waals surface area (Å²) < 4.78 is 5.20. The normalized spacial score (nSPS) is 17.3. The van der Waals surface area contributed by atoms with Crippen LogP contribution in [0.15, 0.2) is 18.2 Å². The molecule has 6 nitrogen and oxygen atoms in total. The van der Waals surface area contributed by atoms with Crippen LogP contribution in [0.3, 0.4) is 0 Å². The van der Waals surface area contributed by atoms with Gasteiger partial charge in [-0.05, 0) is 31.5 Å². The Bertz CT molecular complexity index is 555. The van der Waals surface area contributed by atoms with Gasteiger partial charge in [-0.25, -0.2) is 4.79 Å². The highest BCUT2D eigenvalue weighted by Crippen LogP contribution is 2.23. The second-order valence-electron chi connectivity index (χ2n) is 5.30. The number of imide groups is 1. The molecule has 1 aliphatic heterocycles. The largest absolute Gasteiger partial charge is 0.496 e. The fourth-order valence-corrected chi connectivity index (χ4v) is 2.23. The minimum Gasteiger partial charge on any atom is -0.496 e. The summed E-state index contributed by atoms with van der Waals surface area (Å²) in [6.45, 7) is 3.94. The highest BCUT2D eigenvalue weighted by molar-refractivity contribution is 6.06. The van der Waals surface area contributed by atoms with Gasteiger partial charge in [0.1, 0.15) is 11.3 Å². The van der Waals surface area contributed by atoms with Gasteiger partial charge in [-0.3, -0.25) is 9.69 Å². The first-order chi connectivity index (χ1) is 9.39. The van der Waals surface area contributed by atoms with Gasteiger partial charge in [-0.2, -0.15) is 0 Å². The van der Waals surface area contributed by atoms with E-state index in [0.717, 1.165) is 11.1 Å². The molecule has 1 aromatic carbocycles. The SMILES string of the molecule is COc1ccc(CN2C(=O)NC(C)(C)C2=O)cc1CN. The number of hydrogen-bond donors (Lipinski definition) is 2. The first kappa shape index (κ1) is 14.3. The highest BCUT2D eigenvalue weighted by atomic mass is 16.5. The number of urea groups is 1. The number of amides is 3. The maximum Gasteiger partial charge on any atom is 0.325 e. The van der Waals surface area contributed by atoms with Gasteiger partial charge >= 0.3 is 6.03 Å². The molecule has 20 heavy (non-hydrogen) atoms. The molecule has 6 heteroatoms. The number of nitrogens with two attached hydrogens (primary N) is 1. The van der Waals surface area contributed by atoms with Crippen LogP contribution in [0.5, 0.6) is 5.75 Å². The van der Waals surface area contributed by atoms with E-state index in [1.54, 1.807) is 27.0 Å². The van der Waals surface area contributed by atoms with Crippen LogP contribution in [0.1, 0.15) is 25.0 Å². The molecule has 0 aromatic heterocycles. The Morgan fingerprint density at radius 2 is 2.05 bits per heavy atom. The molecule has 1 heterocycles. The van der Waals surface area contributed by atoms with E-state index in [0.29, 0.717) is 12.3 Å². The minimum absolute atomic E-state index is 0.227. The Morgan fingerprint density at radius 3 is 2.55 bits per heavy atom. The van der Waals surface area contributed by atoms with E-state index in [1.807, 2.05) is 12.1 Å². The molecule has 1 saturated heterocycles. The van der Waals surface area contributed by atoms with Crippen LogP contribution in [0.4, 0.5) is 4.79 Å². The zero-order chi connectivity index (χ0) is 14.9. The second-order valence-corrected chi connectivity index (χ2v) is 5.30.